The number of hydrogen-bond donors (Lipinski definition) is 3. The van der Waals surface area contributed by atoms with Crippen molar-refractivity contribution in [3.05, 3.63) is 0 Å². The number of nitrogens with one attached hydrogen (secondary N) is 2. The molecule has 0 saturated heterocycles. The number of rotatable bonds is 7. The number of ether oxygens (including phenoxy) is 1. The van der Waals surface area contributed by atoms with Crippen molar-refractivity contribution < 1.29 is 24.2 Å². The summed E-state index contributed by atoms with van der Waals surface area (Å²) in [6.45, 7) is 1.49. The van der Waals surface area contributed by atoms with Gasteiger partial charge in [0.05, 0.1) is 19.7 Å². The molecule has 0 atom stereocenters. The number of carbonyl (C=O) groups is 3. The molecule has 0 bridgehead atoms. The third-order valence-electron chi connectivity index (χ3n) is 1.72. The number of hydrogen-bond acceptors (Lipinski definition) is 5. The predicted molar refractivity (Wildman–Crippen MR) is 57.9 cm³/mol. The van der Waals surface area contributed by atoms with Crippen LogP contribution in [0.15, 0.2) is 0 Å². The minimum Gasteiger partial charge on any atom is -0.480 e. The molecule has 0 aromatic rings. The summed E-state index contributed by atoms with van der Waals surface area (Å²) in [7, 11) is 1.48. The predicted octanol–water partition coefficient (Wildman–Crippen LogP) is -1.81. The smallest absolute Gasteiger partial charge is 0.317 e. The van der Waals surface area contributed by atoms with Gasteiger partial charge >= 0.3 is 5.97 Å². The van der Waals surface area contributed by atoms with E-state index < -0.39 is 17.8 Å². The van der Waals surface area contributed by atoms with E-state index in [4.69, 9.17) is 9.84 Å². The Bertz CT molecular complexity index is 282. The second-order valence-electron chi connectivity index (χ2n) is 3.33. The van der Waals surface area contributed by atoms with Gasteiger partial charge in [0.1, 0.15) is 0 Å². The van der Waals surface area contributed by atoms with E-state index in [2.05, 4.69) is 10.9 Å². The van der Waals surface area contributed by atoms with Crippen LogP contribution in [0.25, 0.3) is 0 Å². The maximum absolute atomic E-state index is 11.3. The second-order valence-corrected chi connectivity index (χ2v) is 3.33. The lowest BCUT2D eigenvalue weighted by Crippen LogP contribution is -2.47. The third kappa shape index (κ3) is 9.27. The van der Waals surface area contributed by atoms with Crippen LogP contribution >= 0.6 is 0 Å². The van der Waals surface area contributed by atoms with Gasteiger partial charge in [-0.25, -0.2) is 0 Å². The second kappa shape index (κ2) is 8.48. The molecule has 0 rings (SSSR count). The zero-order valence-electron chi connectivity index (χ0n) is 9.86. The number of aliphatic carboxylic acids is 1. The van der Waals surface area contributed by atoms with Gasteiger partial charge in [-0.15, -0.1) is 0 Å². The highest BCUT2D eigenvalue weighted by Crippen LogP contribution is 1.88. The molecule has 0 heterocycles. The van der Waals surface area contributed by atoms with Gasteiger partial charge in [-0.2, -0.15) is 0 Å². The summed E-state index contributed by atoms with van der Waals surface area (Å²) < 4.78 is 4.80. The van der Waals surface area contributed by atoms with E-state index in [0.29, 0.717) is 13.2 Å². The van der Waals surface area contributed by atoms with Crippen molar-refractivity contribution in [1.29, 1.82) is 0 Å². The Morgan fingerprint density at radius 1 is 1.24 bits per heavy atom. The summed E-state index contributed by atoms with van der Waals surface area (Å²) in [4.78, 5) is 33.8. The largest absolute Gasteiger partial charge is 0.480 e. The maximum Gasteiger partial charge on any atom is 0.317 e. The Labute approximate surface area is 98.9 Å². The molecule has 3 N–H and O–H groups in total. The SMILES string of the molecule is COCCN(CC(=O)O)CC(=O)NNC(C)=O. The summed E-state index contributed by atoms with van der Waals surface area (Å²) >= 11 is 0. The number of carboxylic acids is 1. The van der Waals surface area contributed by atoms with Crippen LogP contribution in [0.3, 0.4) is 0 Å². The monoisotopic (exact) mass is 247 g/mol. The van der Waals surface area contributed by atoms with Crippen LogP contribution in [0.2, 0.25) is 0 Å². The summed E-state index contributed by atoms with van der Waals surface area (Å²) in [5, 5.41) is 8.63. The fourth-order valence-electron chi connectivity index (χ4n) is 1.03. The van der Waals surface area contributed by atoms with Crippen molar-refractivity contribution >= 4 is 17.8 Å². The molecule has 17 heavy (non-hydrogen) atoms. The summed E-state index contributed by atoms with van der Waals surface area (Å²) in [5.41, 5.74) is 4.26. The van der Waals surface area contributed by atoms with Crippen molar-refractivity contribution in [2.75, 3.05) is 33.4 Å². The average Bonchev–Trinajstić information content (AvgIpc) is 2.22. The van der Waals surface area contributed by atoms with E-state index in [1.165, 1.54) is 18.9 Å². The molecule has 0 aromatic heterocycles. The van der Waals surface area contributed by atoms with Crippen molar-refractivity contribution in [1.82, 2.24) is 15.8 Å². The Balaban J connectivity index is 4.07. The van der Waals surface area contributed by atoms with Crippen molar-refractivity contribution in [3.63, 3.8) is 0 Å². The van der Waals surface area contributed by atoms with Crippen LogP contribution in [-0.2, 0) is 19.1 Å². The lowest BCUT2D eigenvalue weighted by atomic mass is 10.4. The van der Waals surface area contributed by atoms with Crippen LogP contribution in [0, 0.1) is 0 Å². The Morgan fingerprint density at radius 2 is 1.88 bits per heavy atom. The third-order valence-corrected chi connectivity index (χ3v) is 1.72. The molecule has 8 nitrogen and oxygen atoms in total. The summed E-state index contributed by atoms with van der Waals surface area (Å²) in [5.74, 6) is -1.92. The van der Waals surface area contributed by atoms with Crippen LogP contribution < -0.4 is 10.9 Å². The van der Waals surface area contributed by atoms with Crippen molar-refractivity contribution in [2.45, 2.75) is 6.92 Å². The molecular weight excluding hydrogens is 230 g/mol. The molecule has 2 amide bonds. The Hall–Kier alpha value is -1.67. The Morgan fingerprint density at radius 3 is 2.35 bits per heavy atom. The normalized spacial score (nSPS) is 10.1. The molecule has 8 heteroatoms. The molecule has 0 aliphatic rings. The minimum atomic E-state index is -1.03. The number of carbonyl (C=O) groups excluding carboxylic acids is 2. The number of methoxy groups -OCH3 is 1. The molecule has 0 aromatic carbocycles. The minimum absolute atomic E-state index is 0.129. The van der Waals surface area contributed by atoms with Gasteiger partial charge < -0.3 is 9.84 Å². The first kappa shape index (κ1) is 15.3. The molecule has 0 radical (unpaired) electrons. The van der Waals surface area contributed by atoms with Gasteiger partial charge in [-0.3, -0.25) is 30.1 Å². The average molecular weight is 247 g/mol. The first-order valence-electron chi connectivity index (χ1n) is 4.94. The molecule has 0 aliphatic carbocycles. The van der Waals surface area contributed by atoms with E-state index in [9.17, 15) is 14.4 Å². The highest BCUT2D eigenvalue weighted by Gasteiger charge is 2.13. The summed E-state index contributed by atoms with van der Waals surface area (Å²) in [6.07, 6.45) is 0. The molecule has 0 fully saturated rings. The van der Waals surface area contributed by atoms with Gasteiger partial charge in [-0.05, 0) is 0 Å². The van der Waals surface area contributed by atoms with Gasteiger partial charge in [0, 0.05) is 20.6 Å². The van der Waals surface area contributed by atoms with Gasteiger partial charge in [0.2, 0.25) is 5.91 Å². The zero-order valence-corrected chi connectivity index (χ0v) is 9.86. The number of carboxylic acid groups (broad SMARTS) is 1. The van der Waals surface area contributed by atoms with E-state index >= 15 is 0 Å². The molecule has 0 aliphatic heterocycles. The van der Waals surface area contributed by atoms with Crippen LogP contribution in [0.5, 0.6) is 0 Å². The number of nitrogens with zero attached hydrogens (tertiary/aromatic N) is 1. The van der Waals surface area contributed by atoms with Gasteiger partial charge in [-0.1, -0.05) is 0 Å². The van der Waals surface area contributed by atoms with Crippen LogP contribution in [0.4, 0.5) is 0 Å². The molecule has 0 spiro atoms. The van der Waals surface area contributed by atoms with Crippen LogP contribution in [0.1, 0.15) is 6.92 Å². The lowest BCUT2D eigenvalue weighted by molar-refractivity contribution is -0.139. The number of amides is 2. The lowest BCUT2D eigenvalue weighted by Gasteiger charge is -2.19. The first-order chi connectivity index (χ1) is 7.95. The Kier molecular flexibility index (Phi) is 7.65. The van der Waals surface area contributed by atoms with Crippen LogP contribution in [-0.4, -0.2) is 61.1 Å². The fraction of sp³-hybridized carbons (Fsp3) is 0.667. The quantitative estimate of drug-likeness (QED) is 0.457. The topological polar surface area (TPSA) is 108 Å². The van der Waals surface area contributed by atoms with E-state index in [0.717, 1.165) is 0 Å². The van der Waals surface area contributed by atoms with Gasteiger partial charge in [0.25, 0.3) is 5.91 Å². The van der Waals surface area contributed by atoms with Gasteiger partial charge in [0.15, 0.2) is 0 Å². The summed E-state index contributed by atoms with van der Waals surface area (Å²) in [6, 6.07) is 0. The van der Waals surface area contributed by atoms with E-state index in [1.54, 1.807) is 0 Å². The fourth-order valence-corrected chi connectivity index (χ4v) is 1.03. The van der Waals surface area contributed by atoms with E-state index in [-0.39, 0.29) is 13.1 Å². The van der Waals surface area contributed by atoms with E-state index in [1.807, 2.05) is 0 Å². The maximum atomic E-state index is 11.3. The number of hydrazine groups is 1. The molecular formula is C9H17N3O5. The first-order valence-corrected chi connectivity index (χ1v) is 4.94. The highest BCUT2D eigenvalue weighted by molar-refractivity contribution is 5.82. The molecule has 0 saturated carbocycles. The highest BCUT2D eigenvalue weighted by atomic mass is 16.5. The zero-order chi connectivity index (χ0) is 13.3. The molecule has 98 valence electrons. The van der Waals surface area contributed by atoms with Crippen molar-refractivity contribution in [3.8, 4) is 0 Å². The van der Waals surface area contributed by atoms with Crippen molar-refractivity contribution in [2.24, 2.45) is 0 Å². The molecule has 0 unspecified atom stereocenters. The standard InChI is InChI=1S/C9H17N3O5/c1-7(13)10-11-8(14)5-12(3-4-17-2)6-9(15)16/h3-6H2,1-2H3,(H,10,13)(H,11,14)(H,15,16).